The third-order valence-electron chi connectivity index (χ3n) is 3.93. The molecule has 1 aromatic rings. The summed E-state index contributed by atoms with van der Waals surface area (Å²) in [7, 11) is 0. The fraction of sp³-hybridized carbons (Fsp3) is 0.812. The molecule has 5 heteroatoms. The molecule has 1 aliphatic rings. The van der Waals surface area contributed by atoms with E-state index in [1.807, 2.05) is 11.3 Å². The number of ether oxygens (including phenoxy) is 1. The van der Waals surface area contributed by atoms with Gasteiger partial charge in [-0.1, -0.05) is 20.8 Å². The Morgan fingerprint density at radius 1 is 1.38 bits per heavy atom. The molecule has 2 rings (SSSR count). The van der Waals surface area contributed by atoms with Gasteiger partial charge in [-0.2, -0.15) is 0 Å². The minimum absolute atomic E-state index is 0.138. The van der Waals surface area contributed by atoms with Gasteiger partial charge in [-0.05, 0) is 26.3 Å². The SMILES string of the molecule is CCNCc1sc(C2CN(C(C)C)CCO2)nc1C(C)C. The van der Waals surface area contributed by atoms with Gasteiger partial charge in [0, 0.05) is 30.6 Å². The Morgan fingerprint density at radius 3 is 2.76 bits per heavy atom. The predicted octanol–water partition coefficient (Wildman–Crippen LogP) is 3.16. The average Bonchev–Trinajstić information content (AvgIpc) is 2.89. The zero-order chi connectivity index (χ0) is 15.4. The molecule has 0 bridgehead atoms. The molecule has 1 fully saturated rings. The summed E-state index contributed by atoms with van der Waals surface area (Å²) in [6.45, 7) is 15.8. The van der Waals surface area contributed by atoms with Gasteiger partial charge in [0.25, 0.3) is 0 Å². The molecule has 1 atom stereocenters. The molecule has 21 heavy (non-hydrogen) atoms. The number of hydrogen-bond acceptors (Lipinski definition) is 5. The summed E-state index contributed by atoms with van der Waals surface area (Å²) in [4.78, 5) is 8.76. The summed E-state index contributed by atoms with van der Waals surface area (Å²) in [5.74, 6) is 0.466. The van der Waals surface area contributed by atoms with E-state index in [2.05, 4.69) is 44.8 Å². The Balaban J connectivity index is 2.15. The maximum Gasteiger partial charge on any atom is 0.123 e. The van der Waals surface area contributed by atoms with Gasteiger partial charge in [0.1, 0.15) is 11.1 Å². The number of aromatic nitrogens is 1. The molecule has 1 unspecified atom stereocenters. The van der Waals surface area contributed by atoms with Crippen molar-refractivity contribution >= 4 is 11.3 Å². The van der Waals surface area contributed by atoms with Crippen LogP contribution in [0.5, 0.6) is 0 Å². The summed E-state index contributed by atoms with van der Waals surface area (Å²) in [5, 5.41) is 4.57. The molecule has 1 aromatic heterocycles. The molecule has 1 saturated heterocycles. The highest BCUT2D eigenvalue weighted by atomic mass is 32.1. The normalized spacial score (nSPS) is 20.6. The largest absolute Gasteiger partial charge is 0.368 e. The molecule has 0 saturated carbocycles. The average molecular weight is 311 g/mol. The van der Waals surface area contributed by atoms with E-state index in [1.54, 1.807) is 0 Å². The van der Waals surface area contributed by atoms with Crippen molar-refractivity contribution in [3.05, 3.63) is 15.6 Å². The Kier molecular flexibility index (Phi) is 6.17. The van der Waals surface area contributed by atoms with Crippen LogP contribution in [-0.4, -0.2) is 42.2 Å². The van der Waals surface area contributed by atoms with Crippen LogP contribution in [-0.2, 0) is 11.3 Å². The summed E-state index contributed by atoms with van der Waals surface area (Å²) in [6.07, 6.45) is 0.138. The fourth-order valence-corrected chi connectivity index (χ4v) is 3.85. The third-order valence-corrected chi connectivity index (χ3v) is 5.09. The van der Waals surface area contributed by atoms with E-state index in [-0.39, 0.29) is 6.10 Å². The van der Waals surface area contributed by atoms with Gasteiger partial charge in [-0.15, -0.1) is 11.3 Å². The Bertz CT molecular complexity index is 445. The molecule has 0 radical (unpaired) electrons. The summed E-state index contributed by atoms with van der Waals surface area (Å²) >= 11 is 1.82. The lowest BCUT2D eigenvalue weighted by Gasteiger charge is -2.34. The smallest absolute Gasteiger partial charge is 0.123 e. The number of nitrogens with one attached hydrogen (secondary N) is 1. The molecule has 4 nitrogen and oxygen atoms in total. The van der Waals surface area contributed by atoms with E-state index >= 15 is 0 Å². The molecular weight excluding hydrogens is 282 g/mol. The van der Waals surface area contributed by atoms with Crippen molar-refractivity contribution in [3.63, 3.8) is 0 Å². The van der Waals surface area contributed by atoms with Crippen LogP contribution < -0.4 is 5.32 Å². The molecule has 120 valence electrons. The van der Waals surface area contributed by atoms with Crippen molar-refractivity contribution in [2.75, 3.05) is 26.2 Å². The first-order valence-corrected chi connectivity index (χ1v) is 8.90. The monoisotopic (exact) mass is 311 g/mol. The lowest BCUT2D eigenvalue weighted by Crippen LogP contribution is -2.42. The highest BCUT2D eigenvalue weighted by Gasteiger charge is 2.27. The van der Waals surface area contributed by atoms with Crippen molar-refractivity contribution in [1.82, 2.24) is 15.2 Å². The van der Waals surface area contributed by atoms with E-state index in [0.29, 0.717) is 12.0 Å². The van der Waals surface area contributed by atoms with Gasteiger partial charge >= 0.3 is 0 Å². The van der Waals surface area contributed by atoms with Gasteiger partial charge in [-0.25, -0.2) is 4.98 Å². The van der Waals surface area contributed by atoms with Crippen LogP contribution in [0.1, 0.15) is 62.2 Å². The lowest BCUT2D eigenvalue weighted by atomic mass is 10.1. The van der Waals surface area contributed by atoms with Gasteiger partial charge in [0.2, 0.25) is 0 Å². The molecule has 0 aromatic carbocycles. The number of thiazole rings is 1. The standard InChI is InChI=1S/C16H29N3OS/c1-6-17-9-14-15(11(2)3)18-16(21-14)13-10-19(12(4)5)7-8-20-13/h11-13,17H,6-10H2,1-5H3. The Morgan fingerprint density at radius 2 is 2.14 bits per heavy atom. The summed E-state index contributed by atoms with van der Waals surface area (Å²) in [6, 6.07) is 0.571. The van der Waals surface area contributed by atoms with Crippen LogP contribution in [0.2, 0.25) is 0 Å². The van der Waals surface area contributed by atoms with Crippen molar-refractivity contribution in [1.29, 1.82) is 0 Å². The molecule has 1 aliphatic heterocycles. The molecule has 1 N–H and O–H groups in total. The topological polar surface area (TPSA) is 37.4 Å². The van der Waals surface area contributed by atoms with Crippen molar-refractivity contribution in [2.45, 2.75) is 59.2 Å². The van der Waals surface area contributed by atoms with Crippen LogP contribution in [0.15, 0.2) is 0 Å². The van der Waals surface area contributed by atoms with Crippen LogP contribution in [0.3, 0.4) is 0 Å². The highest BCUT2D eigenvalue weighted by Crippen LogP contribution is 2.32. The van der Waals surface area contributed by atoms with Crippen LogP contribution in [0.25, 0.3) is 0 Å². The number of hydrogen-bond donors (Lipinski definition) is 1. The van der Waals surface area contributed by atoms with Crippen LogP contribution in [0.4, 0.5) is 0 Å². The quantitative estimate of drug-likeness (QED) is 0.876. The zero-order valence-electron chi connectivity index (χ0n) is 14.0. The summed E-state index contributed by atoms with van der Waals surface area (Å²) in [5.41, 5.74) is 1.24. The molecule has 2 heterocycles. The number of morpholine rings is 1. The maximum absolute atomic E-state index is 5.98. The third kappa shape index (κ3) is 4.25. The van der Waals surface area contributed by atoms with Crippen molar-refractivity contribution in [2.24, 2.45) is 0 Å². The maximum atomic E-state index is 5.98. The van der Waals surface area contributed by atoms with E-state index in [1.165, 1.54) is 10.6 Å². The van der Waals surface area contributed by atoms with Gasteiger partial charge < -0.3 is 10.1 Å². The fourth-order valence-electron chi connectivity index (χ4n) is 2.62. The number of rotatable bonds is 6. The van der Waals surface area contributed by atoms with E-state index in [9.17, 15) is 0 Å². The second-order valence-corrected chi connectivity index (χ2v) is 7.36. The first kappa shape index (κ1) is 16.9. The molecule has 0 aliphatic carbocycles. The molecule has 0 spiro atoms. The van der Waals surface area contributed by atoms with Crippen molar-refractivity contribution in [3.8, 4) is 0 Å². The van der Waals surface area contributed by atoms with E-state index in [4.69, 9.17) is 9.72 Å². The first-order chi connectivity index (χ1) is 10.0. The minimum Gasteiger partial charge on any atom is -0.368 e. The summed E-state index contributed by atoms with van der Waals surface area (Å²) < 4.78 is 5.98. The number of nitrogens with zero attached hydrogens (tertiary/aromatic N) is 2. The zero-order valence-corrected chi connectivity index (χ0v) is 14.8. The van der Waals surface area contributed by atoms with Crippen molar-refractivity contribution < 1.29 is 4.74 Å². The van der Waals surface area contributed by atoms with Gasteiger partial charge in [0.15, 0.2) is 0 Å². The van der Waals surface area contributed by atoms with E-state index < -0.39 is 0 Å². The van der Waals surface area contributed by atoms with Gasteiger partial charge in [-0.3, -0.25) is 4.90 Å². The highest BCUT2D eigenvalue weighted by molar-refractivity contribution is 7.11. The second-order valence-electron chi connectivity index (χ2n) is 6.24. The first-order valence-electron chi connectivity index (χ1n) is 8.08. The molecular formula is C16H29N3OS. The van der Waals surface area contributed by atoms with Crippen LogP contribution >= 0.6 is 11.3 Å². The molecule has 0 amide bonds. The predicted molar refractivity (Wildman–Crippen MR) is 89.0 cm³/mol. The Hall–Kier alpha value is -0.490. The van der Waals surface area contributed by atoms with Crippen LogP contribution in [0, 0.1) is 0 Å². The minimum atomic E-state index is 0.138. The van der Waals surface area contributed by atoms with E-state index in [0.717, 1.165) is 37.8 Å². The lowest BCUT2D eigenvalue weighted by molar-refractivity contribution is -0.0403. The second kappa shape index (κ2) is 7.68. The Labute approximate surface area is 132 Å². The van der Waals surface area contributed by atoms with Gasteiger partial charge in [0.05, 0.1) is 12.3 Å².